The van der Waals surface area contributed by atoms with E-state index >= 15 is 0 Å². The minimum absolute atomic E-state index is 0.0370. The van der Waals surface area contributed by atoms with E-state index in [9.17, 15) is 4.79 Å². The number of phenolic OH excluding ortho intramolecular Hbond substituents is 1. The van der Waals surface area contributed by atoms with Crippen molar-refractivity contribution in [2.75, 3.05) is 26.9 Å². The number of hydrogen-bond acceptors (Lipinski definition) is 7. The van der Waals surface area contributed by atoms with Crippen LogP contribution >= 0.6 is 0 Å². The highest BCUT2D eigenvalue weighted by Crippen LogP contribution is 2.25. The number of unbranched alkanes of at least 4 members (excludes halogenated alkanes) is 5. The Morgan fingerprint density at radius 3 is 2.06 bits per heavy atom. The van der Waals surface area contributed by atoms with Gasteiger partial charge in [-0.25, -0.2) is 0 Å². The first-order valence-electron chi connectivity index (χ1n) is 11.2. The normalized spacial score (nSPS) is 11.1. The molecule has 0 amide bonds. The fourth-order valence-corrected chi connectivity index (χ4v) is 2.54. The van der Waals surface area contributed by atoms with Gasteiger partial charge in [0, 0.05) is 18.8 Å². The molecule has 0 aromatic heterocycles. The van der Waals surface area contributed by atoms with Crippen molar-refractivity contribution < 1.29 is 34.3 Å². The molecule has 0 aliphatic carbocycles. The van der Waals surface area contributed by atoms with Crippen LogP contribution in [-0.4, -0.2) is 60.9 Å². The van der Waals surface area contributed by atoms with Gasteiger partial charge < -0.3 is 29.5 Å². The third-order valence-corrected chi connectivity index (χ3v) is 4.24. The van der Waals surface area contributed by atoms with Gasteiger partial charge >= 0.3 is 0 Å². The van der Waals surface area contributed by atoms with E-state index in [0.717, 1.165) is 26.1 Å². The lowest BCUT2D eigenvalue weighted by molar-refractivity contribution is -0.123. The van der Waals surface area contributed by atoms with Crippen molar-refractivity contribution in [1.29, 1.82) is 0 Å². The van der Waals surface area contributed by atoms with Crippen molar-refractivity contribution in [2.24, 2.45) is 0 Å². The standard InChI is InChI=1S/C10H22O2.C8H8O3.C6H14O2/c1-2-3-4-5-6-7-8-10(12)9-11;1-11-8-4-6(5-9)2-3-7(8)10;1-4-7-6(3)8-5-2/h10-12H,2-9H2,1H3;2-5,10H,1H3;6H,4-5H2,1-3H3. The van der Waals surface area contributed by atoms with E-state index in [-0.39, 0.29) is 18.6 Å². The van der Waals surface area contributed by atoms with Crippen molar-refractivity contribution in [2.45, 2.75) is 85.0 Å². The largest absolute Gasteiger partial charge is 0.504 e. The van der Waals surface area contributed by atoms with Gasteiger partial charge in [-0.15, -0.1) is 0 Å². The second-order valence-electron chi connectivity index (χ2n) is 6.92. The quantitative estimate of drug-likeness (QED) is 0.217. The maximum atomic E-state index is 10.2. The summed E-state index contributed by atoms with van der Waals surface area (Å²) in [4.78, 5) is 10.2. The van der Waals surface area contributed by atoms with Gasteiger partial charge in [0.15, 0.2) is 17.8 Å². The second-order valence-corrected chi connectivity index (χ2v) is 6.92. The smallest absolute Gasteiger partial charge is 0.161 e. The molecule has 0 radical (unpaired) electrons. The summed E-state index contributed by atoms with van der Waals surface area (Å²) in [7, 11) is 1.43. The summed E-state index contributed by atoms with van der Waals surface area (Å²) in [6, 6.07) is 4.41. The molecule has 1 aromatic carbocycles. The van der Waals surface area contributed by atoms with Gasteiger partial charge in [0.1, 0.15) is 6.29 Å². The molecule has 1 unspecified atom stereocenters. The molecule has 0 aliphatic heterocycles. The number of phenols is 1. The zero-order valence-electron chi connectivity index (χ0n) is 20.0. The number of aliphatic hydroxyl groups excluding tert-OH is 2. The summed E-state index contributed by atoms with van der Waals surface area (Å²) >= 11 is 0. The summed E-state index contributed by atoms with van der Waals surface area (Å²) in [5, 5.41) is 26.6. The van der Waals surface area contributed by atoms with Gasteiger partial charge in [-0.05, 0) is 45.4 Å². The van der Waals surface area contributed by atoms with Gasteiger partial charge in [-0.3, -0.25) is 4.79 Å². The Bertz CT molecular complexity index is 517. The first-order valence-corrected chi connectivity index (χ1v) is 11.2. The SMILES string of the molecule is CCCCCCCCC(O)CO.CCOC(C)OCC.COc1cc(C=O)ccc1O. The van der Waals surface area contributed by atoms with Crippen molar-refractivity contribution >= 4 is 6.29 Å². The van der Waals surface area contributed by atoms with E-state index in [4.69, 9.17) is 29.5 Å². The maximum absolute atomic E-state index is 10.2. The number of benzene rings is 1. The molecular formula is C24H44O7. The van der Waals surface area contributed by atoms with E-state index in [2.05, 4.69) is 6.92 Å². The lowest BCUT2D eigenvalue weighted by Gasteiger charge is -2.09. The summed E-state index contributed by atoms with van der Waals surface area (Å²) in [6.07, 6.45) is 8.34. The number of aliphatic hydroxyl groups is 2. The molecule has 0 fully saturated rings. The molecule has 0 aliphatic rings. The Balaban J connectivity index is 0. The van der Waals surface area contributed by atoms with Gasteiger partial charge in [0.2, 0.25) is 0 Å². The van der Waals surface area contributed by atoms with Gasteiger partial charge in [0.05, 0.1) is 19.8 Å². The van der Waals surface area contributed by atoms with Crippen LogP contribution in [0.5, 0.6) is 11.5 Å². The zero-order valence-corrected chi connectivity index (χ0v) is 20.0. The lowest BCUT2D eigenvalue weighted by atomic mass is 10.1. The molecule has 1 aromatic rings. The highest BCUT2D eigenvalue weighted by atomic mass is 16.7. The molecule has 7 heteroatoms. The number of carbonyl (C=O) groups excluding carboxylic acids is 1. The average molecular weight is 445 g/mol. The third-order valence-electron chi connectivity index (χ3n) is 4.24. The number of hydrogen-bond donors (Lipinski definition) is 3. The van der Waals surface area contributed by atoms with E-state index in [1.54, 1.807) is 0 Å². The van der Waals surface area contributed by atoms with E-state index < -0.39 is 6.10 Å². The molecule has 0 saturated carbocycles. The Kier molecular flexibility index (Phi) is 23.4. The maximum Gasteiger partial charge on any atom is 0.161 e. The number of ether oxygens (including phenoxy) is 3. The molecule has 0 bridgehead atoms. The minimum Gasteiger partial charge on any atom is -0.504 e. The highest BCUT2D eigenvalue weighted by Gasteiger charge is 2.01. The van der Waals surface area contributed by atoms with Crippen LogP contribution in [-0.2, 0) is 9.47 Å². The fraction of sp³-hybridized carbons (Fsp3) is 0.708. The molecule has 7 nitrogen and oxygen atoms in total. The Hall–Kier alpha value is -1.67. The van der Waals surface area contributed by atoms with E-state index in [0.29, 0.717) is 17.6 Å². The van der Waals surface area contributed by atoms with Gasteiger partial charge in [-0.1, -0.05) is 45.4 Å². The zero-order chi connectivity index (χ0) is 23.9. The molecule has 1 atom stereocenters. The van der Waals surface area contributed by atoms with Crippen LogP contribution in [0.4, 0.5) is 0 Å². The Morgan fingerprint density at radius 1 is 1.00 bits per heavy atom. The molecule has 0 saturated heterocycles. The molecule has 1 rings (SSSR count). The van der Waals surface area contributed by atoms with Crippen LogP contribution in [0.3, 0.4) is 0 Å². The molecular weight excluding hydrogens is 400 g/mol. The highest BCUT2D eigenvalue weighted by molar-refractivity contribution is 5.76. The van der Waals surface area contributed by atoms with Crippen LogP contribution in [0.2, 0.25) is 0 Å². The Morgan fingerprint density at radius 2 is 1.58 bits per heavy atom. The number of aromatic hydroxyl groups is 1. The van der Waals surface area contributed by atoms with Gasteiger partial charge in [-0.2, -0.15) is 0 Å². The fourth-order valence-electron chi connectivity index (χ4n) is 2.54. The topological polar surface area (TPSA) is 105 Å². The number of rotatable bonds is 14. The minimum atomic E-state index is -0.490. The van der Waals surface area contributed by atoms with Crippen molar-refractivity contribution in [3.05, 3.63) is 23.8 Å². The molecule has 182 valence electrons. The summed E-state index contributed by atoms with van der Waals surface area (Å²) in [5.41, 5.74) is 0.486. The lowest BCUT2D eigenvalue weighted by Crippen LogP contribution is -2.11. The van der Waals surface area contributed by atoms with Crippen molar-refractivity contribution in [3.8, 4) is 11.5 Å². The summed E-state index contributed by atoms with van der Waals surface area (Å²) in [6.45, 7) is 9.37. The number of aldehydes is 1. The predicted molar refractivity (Wildman–Crippen MR) is 124 cm³/mol. The average Bonchev–Trinajstić information content (AvgIpc) is 2.77. The summed E-state index contributed by atoms with van der Waals surface area (Å²) < 4.78 is 14.9. The molecule has 0 spiro atoms. The van der Waals surface area contributed by atoms with Crippen LogP contribution in [0.25, 0.3) is 0 Å². The van der Waals surface area contributed by atoms with Crippen molar-refractivity contribution in [3.63, 3.8) is 0 Å². The summed E-state index contributed by atoms with van der Waals surface area (Å²) in [5.74, 6) is 0.354. The molecule has 31 heavy (non-hydrogen) atoms. The monoisotopic (exact) mass is 444 g/mol. The molecule has 0 heterocycles. The first kappa shape index (κ1) is 31.5. The Labute approximate surface area is 188 Å². The predicted octanol–water partition coefficient (Wildman–Crippen LogP) is 4.71. The van der Waals surface area contributed by atoms with Crippen LogP contribution in [0.1, 0.15) is 83.0 Å². The van der Waals surface area contributed by atoms with Crippen molar-refractivity contribution in [1.82, 2.24) is 0 Å². The number of methoxy groups -OCH3 is 1. The van der Waals surface area contributed by atoms with Crippen LogP contribution < -0.4 is 4.74 Å². The third kappa shape index (κ3) is 20.0. The van der Waals surface area contributed by atoms with E-state index in [1.165, 1.54) is 57.4 Å². The number of carbonyl (C=O) groups is 1. The van der Waals surface area contributed by atoms with E-state index in [1.807, 2.05) is 20.8 Å². The van der Waals surface area contributed by atoms with Gasteiger partial charge in [0.25, 0.3) is 0 Å². The van der Waals surface area contributed by atoms with Crippen LogP contribution in [0.15, 0.2) is 18.2 Å². The molecule has 3 N–H and O–H groups in total. The van der Waals surface area contributed by atoms with Crippen LogP contribution in [0, 0.1) is 0 Å². The first-order chi connectivity index (χ1) is 14.9. The second kappa shape index (κ2) is 23.0.